The largest absolute Gasteiger partial charge is 0.344 e. The van der Waals surface area contributed by atoms with Crippen LogP contribution in [0.5, 0.6) is 0 Å². The number of nitrogens with zero attached hydrogens (tertiary/aromatic N) is 2. The summed E-state index contributed by atoms with van der Waals surface area (Å²) < 4.78 is 0. The molecule has 1 aliphatic carbocycles. The number of rotatable bonds is 3. The van der Waals surface area contributed by atoms with Gasteiger partial charge in [-0.15, -0.1) is 11.3 Å². The van der Waals surface area contributed by atoms with Crippen LogP contribution in [0.2, 0.25) is 0 Å². The van der Waals surface area contributed by atoms with Gasteiger partial charge in [0.15, 0.2) is 0 Å². The van der Waals surface area contributed by atoms with E-state index in [4.69, 9.17) is 0 Å². The van der Waals surface area contributed by atoms with Gasteiger partial charge in [0.25, 0.3) is 5.91 Å². The Morgan fingerprint density at radius 3 is 3.00 bits per heavy atom. The second-order valence-corrected chi connectivity index (χ2v) is 6.75. The van der Waals surface area contributed by atoms with E-state index in [1.165, 1.54) is 22.5 Å². The Balaban J connectivity index is 1.53. The zero-order valence-corrected chi connectivity index (χ0v) is 13.9. The topological polar surface area (TPSA) is 54.9 Å². The molecule has 120 valence electrons. The van der Waals surface area contributed by atoms with Gasteiger partial charge in [-0.25, -0.2) is 4.98 Å². The lowest BCUT2D eigenvalue weighted by molar-refractivity contribution is 0.0928. The van der Waals surface area contributed by atoms with Crippen molar-refractivity contribution in [2.24, 2.45) is 0 Å². The predicted octanol–water partition coefficient (Wildman–Crippen LogP) is 4.01. The molecule has 2 aromatic heterocycles. The minimum atomic E-state index is -0.108. The van der Waals surface area contributed by atoms with Crippen molar-refractivity contribution >= 4 is 17.2 Å². The summed E-state index contributed by atoms with van der Waals surface area (Å²) in [6.07, 6.45) is 6.65. The second kappa shape index (κ2) is 6.53. The van der Waals surface area contributed by atoms with Crippen molar-refractivity contribution in [1.82, 2.24) is 15.3 Å². The quantitative estimate of drug-likeness (QED) is 0.787. The molecule has 1 aliphatic rings. The van der Waals surface area contributed by atoms with Gasteiger partial charge in [0.2, 0.25) is 0 Å². The van der Waals surface area contributed by atoms with Crippen molar-refractivity contribution in [3.8, 4) is 10.6 Å². The Labute approximate surface area is 144 Å². The van der Waals surface area contributed by atoms with E-state index in [2.05, 4.69) is 33.5 Å². The molecule has 0 radical (unpaired) electrons. The van der Waals surface area contributed by atoms with Crippen molar-refractivity contribution in [1.29, 1.82) is 0 Å². The molecule has 0 saturated heterocycles. The summed E-state index contributed by atoms with van der Waals surface area (Å²) in [5, 5.41) is 5.77. The van der Waals surface area contributed by atoms with E-state index >= 15 is 0 Å². The normalized spacial score (nSPS) is 16.4. The lowest BCUT2D eigenvalue weighted by atomic mass is 9.88. The first-order valence-electron chi connectivity index (χ1n) is 8.06. The van der Waals surface area contributed by atoms with Gasteiger partial charge in [-0.3, -0.25) is 9.78 Å². The molecule has 0 spiro atoms. The van der Waals surface area contributed by atoms with Gasteiger partial charge >= 0.3 is 0 Å². The molecular weight excluding hydrogens is 318 g/mol. The van der Waals surface area contributed by atoms with Crippen LogP contribution in [0.3, 0.4) is 0 Å². The fourth-order valence-electron chi connectivity index (χ4n) is 3.14. The molecule has 0 fully saturated rings. The van der Waals surface area contributed by atoms with Crippen LogP contribution in [0.15, 0.2) is 54.2 Å². The van der Waals surface area contributed by atoms with Crippen LogP contribution >= 0.6 is 11.3 Å². The summed E-state index contributed by atoms with van der Waals surface area (Å²) >= 11 is 1.47. The highest BCUT2D eigenvalue weighted by atomic mass is 32.1. The van der Waals surface area contributed by atoms with Crippen molar-refractivity contribution < 1.29 is 4.79 Å². The van der Waals surface area contributed by atoms with E-state index in [-0.39, 0.29) is 11.9 Å². The molecule has 1 unspecified atom stereocenters. The number of nitrogens with one attached hydrogen (secondary N) is 1. The SMILES string of the molecule is O=C(NC1CCCc2ccccc21)c1csc(-c2cccnc2)n1. The van der Waals surface area contributed by atoms with Crippen molar-refractivity contribution in [2.45, 2.75) is 25.3 Å². The molecule has 4 nitrogen and oxygen atoms in total. The zero-order chi connectivity index (χ0) is 16.4. The third kappa shape index (κ3) is 2.95. The molecule has 24 heavy (non-hydrogen) atoms. The van der Waals surface area contributed by atoms with Crippen LogP contribution in [0.4, 0.5) is 0 Å². The monoisotopic (exact) mass is 335 g/mol. The van der Waals surface area contributed by atoms with Crippen LogP contribution in [0.25, 0.3) is 10.6 Å². The van der Waals surface area contributed by atoms with Gasteiger partial charge in [0.05, 0.1) is 6.04 Å². The summed E-state index contributed by atoms with van der Waals surface area (Å²) in [5.41, 5.74) is 3.98. The van der Waals surface area contributed by atoms with E-state index < -0.39 is 0 Å². The van der Waals surface area contributed by atoms with Gasteiger partial charge in [-0.05, 0) is 42.5 Å². The van der Waals surface area contributed by atoms with Crippen molar-refractivity contribution in [3.05, 3.63) is 71.0 Å². The first-order chi connectivity index (χ1) is 11.8. The van der Waals surface area contributed by atoms with Crippen LogP contribution < -0.4 is 5.32 Å². The molecule has 5 heteroatoms. The first kappa shape index (κ1) is 15.0. The van der Waals surface area contributed by atoms with Crippen LogP contribution in [-0.2, 0) is 6.42 Å². The number of hydrogen-bond donors (Lipinski definition) is 1. The van der Waals surface area contributed by atoms with E-state index in [9.17, 15) is 4.79 Å². The highest BCUT2D eigenvalue weighted by molar-refractivity contribution is 7.13. The minimum absolute atomic E-state index is 0.0750. The second-order valence-electron chi connectivity index (χ2n) is 5.90. The summed E-state index contributed by atoms with van der Waals surface area (Å²) in [7, 11) is 0. The summed E-state index contributed by atoms with van der Waals surface area (Å²) in [4.78, 5) is 21.2. The number of thiazole rings is 1. The van der Waals surface area contributed by atoms with E-state index in [1.807, 2.05) is 23.6 Å². The number of pyridine rings is 1. The lowest BCUT2D eigenvalue weighted by Gasteiger charge is -2.26. The Morgan fingerprint density at radius 1 is 1.21 bits per heavy atom. The minimum Gasteiger partial charge on any atom is -0.344 e. The number of benzene rings is 1. The third-order valence-electron chi connectivity index (χ3n) is 4.32. The molecule has 4 rings (SSSR count). The zero-order valence-electron chi connectivity index (χ0n) is 13.1. The molecule has 2 heterocycles. The van der Waals surface area contributed by atoms with E-state index in [1.54, 1.807) is 12.4 Å². The van der Waals surface area contributed by atoms with Gasteiger partial charge in [-0.1, -0.05) is 24.3 Å². The molecule has 0 bridgehead atoms. The average molecular weight is 335 g/mol. The highest BCUT2D eigenvalue weighted by Crippen LogP contribution is 2.30. The number of fused-ring (bicyclic) bond motifs is 1. The number of aromatic nitrogens is 2. The number of carbonyl (C=O) groups is 1. The summed E-state index contributed by atoms with van der Waals surface area (Å²) in [6, 6.07) is 12.3. The van der Waals surface area contributed by atoms with Crippen molar-refractivity contribution in [3.63, 3.8) is 0 Å². The molecule has 1 aromatic carbocycles. The number of hydrogen-bond acceptors (Lipinski definition) is 4. The molecule has 3 aromatic rings. The Bertz CT molecular complexity index is 860. The summed E-state index contributed by atoms with van der Waals surface area (Å²) in [5.74, 6) is -0.108. The maximum atomic E-state index is 12.6. The molecule has 1 amide bonds. The third-order valence-corrected chi connectivity index (χ3v) is 5.21. The Hall–Kier alpha value is -2.53. The molecule has 1 N–H and O–H groups in total. The summed E-state index contributed by atoms with van der Waals surface area (Å²) in [6.45, 7) is 0. The van der Waals surface area contributed by atoms with Crippen LogP contribution in [-0.4, -0.2) is 15.9 Å². The maximum Gasteiger partial charge on any atom is 0.271 e. The number of carbonyl (C=O) groups excluding carboxylic acids is 1. The van der Waals surface area contributed by atoms with Gasteiger partial charge in [0.1, 0.15) is 10.7 Å². The fourth-order valence-corrected chi connectivity index (χ4v) is 3.93. The van der Waals surface area contributed by atoms with Crippen molar-refractivity contribution in [2.75, 3.05) is 0 Å². The van der Waals surface area contributed by atoms with Crippen LogP contribution in [0, 0.1) is 0 Å². The van der Waals surface area contributed by atoms with E-state index in [0.717, 1.165) is 29.8 Å². The number of amides is 1. The van der Waals surface area contributed by atoms with Gasteiger partial charge < -0.3 is 5.32 Å². The Morgan fingerprint density at radius 2 is 2.12 bits per heavy atom. The lowest BCUT2D eigenvalue weighted by Crippen LogP contribution is -2.31. The Kier molecular flexibility index (Phi) is 4.09. The first-order valence-corrected chi connectivity index (χ1v) is 8.94. The fraction of sp³-hybridized carbons (Fsp3) is 0.211. The molecule has 1 atom stereocenters. The van der Waals surface area contributed by atoms with E-state index in [0.29, 0.717) is 5.69 Å². The smallest absolute Gasteiger partial charge is 0.271 e. The molecule has 0 aliphatic heterocycles. The number of aryl methyl sites for hydroxylation is 1. The van der Waals surface area contributed by atoms with Gasteiger partial charge in [0, 0.05) is 23.3 Å². The molecular formula is C19H17N3OS. The highest BCUT2D eigenvalue weighted by Gasteiger charge is 2.23. The van der Waals surface area contributed by atoms with Crippen LogP contribution in [0.1, 0.15) is 40.5 Å². The average Bonchev–Trinajstić information content (AvgIpc) is 3.13. The maximum absolute atomic E-state index is 12.6. The predicted molar refractivity (Wildman–Crippen MR) is 94.9 cm³/mol. The standard InChI is InChI=1S/C19H17N3OS/c23-18(17-12-24-19(22-17)14-7-4-10-20-11-14)21-16-9-3-6-13-5-1-2-8-15(13)16/h1-2,4-5,7-8,10-12,16H,3,6,9H2,(H,21,23). The van der Waals surface area contributed by atoms with Gasteiger partial charge in [-0.2, -0.15) is 0 Å². The molecule has 0 saturated carbocycles.